The van der Waals surface area contributed by atoms with E-state index >= 15 is 4.39 Å². The van der Waals surface area contributed by atoms with Crippen LogP contribution in [0.15, 0.2) is 52.1 Å². The van der Waals surface area contributed by atoms with Crippen LogP contribution < -0.4 is 15.8 Å². The summed E-state index contributed by atoms with van der Waals surface area (Å²) in [5, 5.41) is 11.6. The number of dihydropyridines is 1. The molecule has 0 fully saturated rings. The third kappa shape index (κ3) is 4.91. The molecule has 1 aliphatic rings. The van der Waals surface area contributed by atoms with Crippen molar-refractivity contribution in [3.05, 3.63) is 80.8 Å². The monoisotopic (exact) mass is 500 g/mol. The van der Waals surface area contributed by atoms with Gasteiger partial charge >= 0.3 is 0 Å². The second-order valence-corrected chi connectivity index (χ2v) is 8.21. The molecule has 0 saturated heterocycles. The van der Waals surface area contributed by atoms with Crippen molar-refractivity contribution in [3.63, 3.8) is 0 Å². The number of nitrogen functional groups attached to an aromatic ring is 1. The molecule has 0 spiro atoms. The lowest BCUT2D eigenvalue weighted by atomic mass is 10.1. The van der Waals surface area contributed by atoms with Crippen LogP contribution in [0.2, 0.25) is 10.0 Å². The molecule has 3 N–H and O–H groups in total. The fraction of sp³-hybridized carbons (Fsp3) is 0.100. The number of alkyl halides is 1. The van der Waals surface area contributed by atoms with Gasteiger partial charge in [0, 0.05) is 28.5 Å². The average Bonchev–Trinajstić information content (AvgIpc) is 3.17. The Morgan fingerprint density at radius 3 is 2.74 bits per heavy atom. The molecule has 6 nitrogen and oxygen atoms in total. The highest BCUT2D eigenvalue weighted by molar-refractivity contribution is 6.37. The Kier molecular flexibility index (Phi) is 6.29. The second-order valence-electron chi connectivity index (χ2n) is 6.49. The molecule has 31 heavy (non-hydrogen) atoms. The highest BCUT2D eigenvalue weighted by atomic mass is 35.5. The van der Waals surface area contributed by atoms with Gasteiger partial charge in [-0.1, -0.05) is 52.5 Å². The molecule has 11 heteroatoms. The van der Waals surface area contributed by atoms with E-state index in [1.54, 1.807) is 12.1 Å². The summed E-state index contributed by atoms with van der Waals surface area (Å²) in [6.45, 7) is 0. The predicted molar refractivity (Wildman–Crippen MR) is 119 cm³/mol. The largest absolute Gasteiger partial charge is 0.453 e. The van der Waals surface area contributed by atoms with Gasteiger partial charge in [0.05, 0.1) is 22.0 Å². The number of benzene rings is 2. The maximum absolute atomic E-state index is 15.1. The zero-order valence-electron chi connectivity index (χ0n) is 15.5. The van der Waals surface area contributed by atoms with Gasteiger partial charge in [-0.2, -0.15) is 0 Å². The van der Waals surface area contributed by atoms with E-state index in [1.807, 2.05) is 0 Å². The molecule has 160 valence electrons. The minimum Gasteiger partial charge on any atom is -0.453 e. The van der Waals surface area contributed by atoms with Gasteiger partial charge in [0.1, 0.15) is 11.3 Å². The van der Waals surface area contributed by atoms with Crippen molar-refractivity contribution in [2.24, 2.45) is 0 Å². The first-order valence-corrected chi connectivity index (χ1v) is 10.4. The predicted octanol–water partition coefficient (Wildman–Crippen LogP) is 6.11. The van der Waals surface area contributed by atoms with E-state index in [1.165, 1.54) is 30.5 Å². The van der Waals surface area contributed by atoms with Crippen molar-refractivity contribution in [1.29, 1.82) is 0 Å². The van der Waals surface area contributed by atoms with Crippen molar-refractivity contribution >= 4 is 57.7 Å². The maximum atomic E-state index is 15.1. The first-order valence-electron chi connectivity index (χ1n) is 8.81. The molecule has 1 aliphatic heterocycles. The van der Waals surface area contributed by atoms with Crippen LogP contribution >= 0.6 is 46.4 Å². The lowest BCUT2D eigenvalue weighted by molar-refractivity contribution is 0.436. The molecular formula is C20H13Cl4FN4O2. The maximum Gasteiger partial charge on any atom is 0.249 e. The number of halogens is 5. The highest BCUT2D eigenvalue weighted by Crippen LogP contribution is 2.36. The molecule has 0 aliphatic carbocycles. The van der Waals surface area contributed by atoms with Crippen molar-refractivity contribution in [2.75, 3.05) is 5.73 Å². The Morgan fingerprint density at radius 1 is 1.16 bits per heavy atom. The molecule has 1 atom stereocenters. The first kappa shape index (κ1) is 21.8. The van der Waals surface area contributed by atoms with E-state index in [9.17, 15) is 0 Å². The second kappa shape index (κ2) is 8.96. The average molecular weight is 502 g/mol. The molecule has 2 heterocycles. The molecule has 2 aromatic carbocycles. The van der Waals surface area contributed by atoms with Crippen LogP contribution in [0.25, 0.3) is 5.57 Å². The topological polar surface area (TPSA) is 86.2 Å². The summed E-state index contributed by atoms with van der Waals surface area (Å²) in [5.41, 5.74) is 6.37. The molecule has 0 saturated carbocycles. The number of nitrogens with one attached hydrogen (secondary N) is 1. The minimum absolute atomic E-state index is 0.00120. The lowest BCUT2D eigenvalue weighted by Crippen LogP contribution is -2.19. The van der Waals surface area contributed by atoms with Crippen molar-refractivity contribution in [1.82, 2.24) is 15.5 Å². The van der Waals surface area contributed by atoms with E-state index in [4.69, 9.17) is 61.3 Å². The number of nitrogens with two attached hydrogens (primary N) is 1. The summed E-state index contributed by atoms with van der Waals surface area (Å²) in [7, 11) is 0. The van der Waals surface area contributed by atoms with E-state index in [-0.39, 0.29) is 40.3 Å². The number of nitrogens with zero attached hydrogens (tertiary/aromatic N) is 2. The minimum atomic E-state index is -0.675. The summed E-state index contributed by atoms with van der Waals surface area (Å²) < 4.78 is 26.4. The van der Waals surface area contributed by atoms with Crippen molar-refractivity contribution in [3.8, 4) is 11.5 Å². The van der Waals surface area contributed by atoms with Gasteiger partial charge in [-0.05, 0) is 24.3 Å². The summed E-state index contributed by atoms with van der Waals surface area (Å²) in [4.78, 5) is 0. The Bertz CT molecular complexity index is 1190. The van der Waals surface area contributed by atoms with Crippen LogP contribution in [0.1, 0.15) is 17.3 Å². The van der Waals surface area contributed by atoms with E-state index in [0.717, 1.165) is 0 Å². The zero-order valence-corrected chi connectivity index (χ0v) is 18.5. The number of aromatic nitrogens is 2. The quantitative estimate of drug-likeness (QED) is 0.249. The fourth-order valence-electron chi connectivity index (χ4n) is 2.84. The standard InChI is InChI=1S/C20H13Cl4FN4O2/c21-10-4-11(26)6-12(5-10)30-19-14(22)2-1-9(18(19)25)3-17-28-29-20(31-17)13-7-16(24)27-8-15(13)23/h1-2,4-8,16,27H,3,26H2. The SMILES string of the molecule is Nc1cc(Cl)cc(Oc2c(Cl)ccc(Cc3nnc(C4=CC(Cl)NC=C4Cl)o3)c2F)c1. The molecular weight excluding hydrogens is 489 g/mol. The number of ether oxygens (including phenoxy) is 1. The molecule has 3 aromatic rings. The van der Waals surface area contributed by atoms with Gasteiger partial charge < -0.3 is 20.2 Å². The third-order valence-corrected chi connectivity index (χ3v) is 5.30. The Morgan fingerprint density at radius 2 is 1.97 bits per heavy atom. The lowest BCUT2D eigenvalue weighted by Gasteiger charge is -2.13. The van der Waals surface area contributed by atoms with Gasteiger partial charge in [0.15, 0.2) is 11.6 Å². The van der Waals surface area contributed by atoms with Gasteiger partial charge in [-0.15, -0.1) is 10.2 Å². The normalized spacial score (nSPS) is 15.8. The smallest absolute Gasteiger partial charge is 0.249 e. The third-order valence-electron chi connectivity index (χ3n) is 4.22. The molecule has 0 bridgehead atoms. The van der Waals surface area contributed by atoms with E-state index in [0.29, 0.717) is 21.3 Å². The van der Waals surface area contributed by atoms with E-state index < -0.39 is 11.3 Å². The molecule has 0 amide bonds. The van der Waals surface area contributed by atoms with Crippen molar-refractivity contribution in [2.45, 2.75) is 11.9 Å². The van der Waals surface area contributed by atoms with Gasteiger partial charge in [-0.3, -0.25) is 0 Å². The van der Waals surface area contributed by atoms with Crippen LogP contribution in [0.5, 0.6) is 11.5 Å². The van der Waals surface area contributed by atoms with E-state index in [2.05, 4.69) is 15.5 Å². The van der Waals surface area contributed by atoms with Gasteiger partial charge in [0.25, 0.3) is 0 Å². The van der Waals surface area contributed by atoms with Crippen LogP contribution in [0.4, 0.5) is 10.1 Å². The zero-order chi connectivity index (χ0) is 22.1. The van der Waals surface area contributed by atoms with Gasteiger partial charge in [0.2, 0.25) is 11.8 Å². The first-order chi connectivity index (χ1) is 14.8. The van der Waals surface area contributed by atoms with Crippen LogP contribution in [0.3, 0.4) is 0 Å². The summed E-state index contributed by atoms with van der Waals surface area (Å²) in [6.07, 6.45) is 3.16. The van der Waals surface area contributed by atoms with Crippen LogP contribution in [-0.2, 0) is 6.42 Å². The molecule has 4 rings (SSSR count). The number of rotatable bonds is 5. The molecule has 1 unspecified atom stereocenters. The number of hydrogen-bond acceptors (Lipinski definition) is 6. The summed E-state index contributed by atoms with van der Waals surface area (Å²) in [5.74, 6) is -0.256. The molecule has 1 aromatic heterocycles. The van der Waals surface area contributed by atoms with Crippen molar-refractivity contribution < 1.29 is 13.5 Å². The fourth-order valence-corrected chi connectivity index (χ4v) is 3.65. The number of allylic oxidation sites excluding steroid dienone is 2. The van der Waals surface area contributed by atoms with Crippen LogP contribution in [0, 0.1) is 5.82 Å². The van der Waals surface area contributed by atoms with Crippen LogP contribution in [-0.4, -0.2) is 15.7 Å². The summed E-state index contributed by atoms with van der Waals surface area (Å²) in [6, 6.07) is 7.56. The Balaban J connectivity index is 1.60. The number of anilines is 1. The molecule has 0 radical (unpaired) electrons. The highest BCUT2D eigenvalue weighted by Gasteiger charge is 2.21. The Hall–Kier alpha value is -2.45. The Labute approximate surface area is 196 Å². The summed E-state index contributed by atoms with van der Waals surface area (Å²) >= 11 is 24.3. The number of hydrogen-bond donors (Lipinski definition) is 2. The van der Waals surface area contributed by atoms with Gasteiger partial charge in [-0.25, -0.2) is 4.39 Å².